The fourth-order valence-electron chi connectivity index (χ4n) is 11.3. The molecule has 6 aromatic carbocycles. The number of benzene rings is 6. The molecule has 4 aliphatic rings. The Labute approximate surface area is 311 Å². The van der Waals surface area contributed by atoms with Crippen LogP contribution < -0.4 is 0 Å². The van der Waals surface area contributed by atoms with Gasteiger partial charge in [-0.3, -0.25) is 0 Å². The summed E-state index contributed by atoms with van der Waals surface area (Å²) in [5.74, 6) is 3.15. The number of para-hydroxylation sites is 2. The third-order valence-electron chi connectivity index (χ3n) is 13.3. The SMILES string of the molecule is c1ccc(-c2cc(-c3ccc(C4(c5ccc(-n6c7ccccc7c7ccccc76)cc5)C5CC6CC(C5)CC4C6)cc3)cc(-c3ccccc3)n2)cc1. The van der Waals surface area contributed by atoms with Gasteiger partial charge in [-0.15, -0.1) is 0 Å². The first-order valence-electron chi connectivity index (χ1n) is 19.6. The van der Waals surface area contributed by atoms with Gasteiger partial charge in [0.1, 0.15) is 0 Å². The third kappa shape index (κ3) is 4.88. The van der Waals surface area contributed by atoms with Crippen molar-refractivity contribution < 1.29 is 0 Å². The summed E-state index contributed by atoms with van der Waals surface area (Å²) in [5.41, 5.74) is 13.6. The van der Waals surface area contributed by atoms with Gasteiger partial charge in [0, 0.05) is 33.0 Å². The molecule has 53 heavy (non-hydrogen) atoms. The Morgan fingerprint density at radius 2 is 0.868 bits per heavy atom. The molecule has 4 saturated carbocycles. The van der Waals surface area contributed by atoms with Crippen molar-refractivity contribution in [1.29, 1.82) is 0 Å². The molecule has 0 atom stereocenters. The van der Waals surface area contributed by atoms with Crippen LogP contribution in [-0.2, 0) is 5.41 Å². The zero-order valence-corrected chi connectivity index (χ0v) is 29.9. The Morgan fingerprint density at radius 1 is 0.415 bits per heavy atom. The number of hydrogen-bond donors (Lipinski definition) is 0. The molecule has 2 aromatic heterocycles. The number of aromatic nitrogens is 2. The highest BCUT2D eigenvalue weighted by Crippen LogP contribution is 2.65. The van der Waals surface area contributed by atoms with Crippen LogP contribution in [-0.4, -0.2) is 9.55 Å². The van der Waals surface area contributed by atoms with Crippen molar-refractivity contribution in [2.45, 2.75) is 37.5 Å². The van der Waals surface area contributed by atoms with Gasteiger partial charge >= 0.3 is 0 Å². The van der Waals surface area contributed by atoms with E-state index >= 15 is 0 Å². The molecule has 2 heterocycles. The zero-order valence-electron chi connectivity index (χ0n) is 29.9. The molecule has 12 rings (SSSR count). The van der Waals surface area contributed by atoms with Gasteiger partial charge in [-0.2, -0.15) is 0 Å². The molecule has 2 heteroatoms. The quantitative estimate of drug-likeness (QED) is 0.171. The highest BCUT2D eigenvalue weighted by Gasteiger charge is 2.58. The van der Waals surface area contributed by atoms with E-state index in [1.54, 1.807) is 0 Å². The van der Waals surface area contributed by atoms with E-state index in [4.69, 9.17) is 4.98 Å². The maximum absolute atomic E-state index is 5.15. The summed E-state index contributed by atoms with van der Waals surface area (Å²) >= 11 is 0. The average Bonchev–Trinajstić information content (AvgIpc) is 3.56. The van der Waals surface area contributed by atoms with Crippen LogP contribution in [0, 0.1) is 23.7 Å². The zero-order chi connectivity index (χ0) is 34.9. The Balaban J connectivity index is 1.02. The summed E-state index contributed by atoms with van der Waals surface area (Å²) in [6, 6.07) is 63.0. The number of nitrogens with zero attached hydrogens (tertiary/aromatic N) is 2. The highest BCUT2D eigenvalue weighted by atomic mass is 15.0. The summed E-state index contributed by atoms with van der Waals surface area (Å²) in [7, 11) is 0. The van der Waals surface area contributed by atoms with Gasteiger partial charge in [-0.25, -0.2) is 4.98 Å². The lowest BCUT2D eigenvalue weighted by atomic mass is 9.42. The third-order valence-corrected chi connectivity index (χ3v) is 13.3. The summed E-state index contributed by atoms with van der Waals surface area (Å²) in [4.78, 5) is 5.15. The molecule has 0 radical (unpaired) electrons. The van der Waals surface area contributed by atoms with Crippen LogP contribution in [0.3, 0.4) is 0 Å². The number of fused-ring (bicyclic) bond motifs is 3. The lowest BCUT2D eigenvalue weighted by Gasteiger charge is -2.62. The van der Waals surface area contributed by atoms with Gasteiger partial charge in [0.15, 0.2) is 0 Å². The smallest absolute Gasteiger partial charge is 0.0715 e. The van der Waals surface area contributed by atoms with Crippen LogP contribution in [0.15, 0.2) is 170 Å². The molecule has 4 bridgehead atoms. The van der Waals surface area contributed by atoms with E-state index in [1.807, 2.05) is 0 Å². The van der Waals surface area contributed by atoms with Crippen LogP contribution in [0.4, 0.5) is 0 Å². The summed E-state index contributed by atoms with van der Waals surface area (Å²) in [6.45, 7) is 0. The summed E-state index contributed by atoms with van der Waals surface area (Å²) in [5, 5.41) is 2.62. The molecular formula is C51H42N2. The number of pyridine rings is 1. The van der Waals surface area contributed by atoms with E-state index in [0.29, 0.717) is 11.8 Å². The first-order chi connectivity index (χ1) is 26.2. The van der Waals surface area contributed by atoms with E-state index < -0.39 is 0 Å². The first kappa shape index (κ1) is 30.9. The van der Waals surface area contributed by atoms with Gasteiger partial charge in [0.2, 0.25) is 0 Å². The maximum atomic E-state index is 5.15. The summed E-state index contributed by atoms with van der Waals surface area (Å²) in [6.07, 6.45) is 6.87. The first-order valence-corrected chi connectivity index (χ1v) is 19.6. The van der Waals surface area contributed by atoms with Crippen molar-refractivity contribution in [2.24, 2.45) is 23.7 Å². The van der Waals surface area contributed by atoms with Crippen LogP contribution >= 0.6 is 0 Å². The van der Waals surface area contributed by atoms with Crippen LogP contribution in [0.25, 0.3) is 61.1 Å². The average molecular weight is 683 g/mol. The van der Waals surface area contributed by atoms with Crippen LogP contribution in [0.1, 0.15) is 43.2 Å². The molecule has 0 amide bonds. The monoisotopic (exact) mass is 682 g/mol. The predicted octanol–water partition coefficient (Wildman–Crippen LogP) is 12.9. The Hall–Kier alpha value is -5.73. The van der Waals surface area contributed by atoms with E-state index in [0.717, 1.165) is 34.4 Å². The lowest BCUT2D eigenvalue weighted by molar-refractivity contribution is -0.0418. The molecule has 0 N–H and O–H groups in total. The second kappa shape index (κ2) is 12.2. The molecule has 4 fully saturated rings. The number of hydrogen-bond acceptors (Lipinski definition) is 1. The molecule has 0 aliphatic heterocycles. The lowest BCUT2D eigenvalue weighted by Crippen LogP contribution is -2.56. The van der Waals surface area contributed by atoms with E-state index in [9.17, 15) is 0 Å². The highest BCUT2D eigenvalue weighted by molar-refractivity contribution is 6.09. The molecular weight excluding hydrogens is 641 g/mol. The minimum Gasteiger partial charge on any atom is -0.309 e. The predicted molar refractivity (Wildman–Crippen MR) is 219 cm³/mol. The van der Waals surface area contributed by atoms with Gasteiger partial charge in [0.05, 0.1) is 22.4 Å². The van der Waals surface area contributed by atoms with Crippen molar-refractivity contribution in [2.75, 3.05) is 0 Å². The fourth-order valence-corrected chi connectivity index (χ4v) is 11.3. The molecule has 0 spiro atoms. The Morgan fingerprint density at radius 3 is 1.38 bits per heavy atom. The van der Waals surface area contributed by atoms with Gasteiger partial charge < -0.3 is 4.57 Å². The molecule has 0 saturated heterocycles. The second-order valence-corrected chi connectivity index (χ2v) is 16.0. The van der Waals surface area contributed by atoms with E-state index in [-0.39, 0.29) is 5.41 Å². The minimum atomic E-state index is 0.0357. The summed E-state index contributed by atoms with van der Waals surface area (Å²) < 4.78 is 2.45. The standard InChI is InChI=1S/C51H42N2/c1-3-11-37(12-4-1)47-32-39(33-48(52-47)38-13-5-2-6-14-38)36-19-21-40(22-20-36)51(42-28-34-27-35(30-42)31-43(51)29-34)41-23-25-44(26-24-41)53-49-17-9-7-15-45(49)46-16-8-10-18-50(46)53/h1-26,32-35,42-43H,27-31H2. The van der Waals surface area contributed by atoms with E-state index in [2.05, 4.69) is 174 Å². The van der Waals surface area contributed by atoms with Crippen molar-refractivity contribution >= 4 is 21.8 Å². The van der Waals surface area contributed by atoms with Crippen molar-refractivity contribution in [3.05, 3.63) is 181 Å². The molecule has 4 aliphatic carbocycles. The van der Waals surface area contributed by atoms with Gasteiger partial charge in [-0.1, -0.05) is 133 Å². The Kier molecular flexibility index (Phi) is 7.09. The normalized spacial score (nSPS) is 23.2. The Bertz CT molecular complexity index is 2460. The van der Waals surface area contributed by atoms with Crippen LogP contribution in [0.5, 0.6) is 0 Å². The molecule has 2 nitrogen and oxygen atoms in total. The van der Waals surface area contributed by atoms with Crippen molar-refractivity contribution in [3.63, 3.8) is 0 Å². The minimum absolute atomic E-state index is 0.0357. The fraction of sp³-hybridized carbons (Fsp3) is 0.196. The number of rotatable bonds is 6. The second-order valence-electron chi connectivity index (χ2n) is 16.0. The largest absolute Gasteiger partial charge is 0.309 e. The van der Waals surface area contributed by atoms with Gasteiger partial charge in [-0.05, 0) is 114 Å². The van der Waals surface area contributed by atoms with Crippen molar-refractivity contribution in [3.8, 4) is 39.3 Å². The molecule has 0 unspecified atom stereocenters. The van der Waals surface area contributed by atoms with Crippen LogP contribution in [0.2, 0.25) is 0 Å². The molecule has 256 valence electrons. The van der Waals surface area contributed by atoms with Crippen molar-refractivity contribution in [1.82, 2.24) is 9.55 Å². The molecule has 8 aromatic rings. The van der Waals surface area contributed by atoms with E-state index in [1.165, 1.54) is 81.9 Å². The van der Waals surface area contributed by atoms with Gasteiger partial charge in [0.25, 0.3) is 0 Å². The maximum Gasteiger partial charge on any atom is 0.0715 e. The topological polar surface area (TPSA) is 17.8 Å².